The van der Waals surface area contributed by atoms with Gasteiger partial charge in [0.05, 0.1) is 12.0 Å². The molecule has 2 aromatic carbocycles. The molecule has 0 aliphatic carbocycles. The lowest BCUT2D eigenvalue weighted by molar-refractivity contribution is -0.126. The molecule has 0 bridgehead atoms. The minimum atomic E-state index is -0.670. The molecule has 1 unspecified atom stereocenters. The van der Waals surface area contributed by atoms with Crippen molar-refractivity contribution >= 4 is 16.7 Å². The number of carbonyl (C=O) groups is 1. The summed E-state index contributed by atoms with van der Waals surface area (Å²) in [4.78, 5) is 11.7. The fraction of sp³-hybridized carbons (Fsp3) is 0.312. The molecule has 20 heavy (non-hydrogen) atoms. The minimum absolute atomic E-state index is 0.0172. The third-order valence-electron chi connectivity index (χ3n) is 3.78. The van der Waals surface area contributed by atoms with Gasteiger partial charge in [0.15, 0.2) is 0 Å². The molecule has 1 fully saturated rings. The molecule has 3 rings (SSSR count). The van der Waals surface area contributed by atoms with Crippen molar-refractivity contribution in [2.24, 2.45) is 5.92 Å². The molecule has 0 radical (unpaired) electrons. The van der Waals surface area contributed by atoms with Crippen LogP contribution in [0.4, 0.5) is 0 Å². The van der Waals surface area contributed by atoms with Crippen molar-refractivity contribution in [3.05, 3.63) is 48.0 Å². The summed E-state index contributed by atoms with van der Waals surface area (Å²) >= 11 is 0. The van der Waals surface area contributed by atoms with E-state index in [-0.39, 0.29) is 18.4 Å². The van der Waals surface area contributed by atoms with Gasteiger partial charge in [0, 0.05) is 19.6 Å². The Hall–Kier alpha value is -1.91. The Balaban J connectivity index is 1.65. The first-order valence-electron chi connectivity index (χ1n) is 6.89. The highest BCUT2D eigenvalue weighted by Gasteiger charge is 2.24. The average Bonchev–Trinajstić information content (AvgIpc) is 2.42. The number of aliphatic hydroxyl groups excluding tert-OH is 1. The highest BCUT2D eigenvalue weighted by atomic mass is 16.3. The van der Waals surface area contributed by atoms with E-state index in [1.807, 2.05) is 42.5 Å². The first-order valence-corrected chi connectivity index (χ1v) is 6.89. The topological polar surface area (TPSA) is 61.4 Å². The van der Waals surface area contributed by atoms with Crippen LogP contribution in [0.3, 0.4) is 0 Å². The van der Waals surface area contributed by atoms with Crippen LogP contribution in [-0.4, -0.2) is 30.6 Å². The highest BCUT2D eigenvalue weighted by Crippen LogP contribution is 2.20. The maximum absolute atomic E-state index is 11.7. The third-order valence-corrected chi connectivity index (χ3v) is 3.78. The first-order chi connectivity index (χ1) is 9.74. The molecule has 0 spiro atoms. The average molecular weight is 270 g/mol. The Morgan fingerprint density at radius 1 is 1.25 bits per heavy atom. The van der Waals surface area contributed by atoms with Crippen LogP contribution in [-0.2, 0) is 4.79 Å². The molecule has 0 saturated carbocycles. The molecular formula is C16H18N2O2. The van der Waals surface area contributed by atoms with E-state index >= 15 is 0 Å². The predicted octanol–water partition coefficient (Wildman–Crippen LogP) is 1.21. The summed E-state index contributed by atoms with van der Waals surface area (Å²) in [7, 11) is 0. The largest absolute Gasteiger partial charge is 0.387 e. The lowest BCUT2D eigenvalue weighted by Gasteiger charge is -2.26. The van der Waals surface area contributed by atoms with Crippen LogP contribution >= 0.6 is 0 Å². The fourth-order valence-electron chi connectivity index (χ4n) is 2.35. The second-order valence-corrected chi connectivity index (χ2v) is 5.22. The van der Waals surface area contributed by atoms with E-state index in [4.69, 9.17) is 0 Å². The van der Waals surface area contributed by atoms with Crippen molar-refractivity contribution in [3.8, 4) is 0 Å². The normalized spacial score (nSPS) is 16.6. The number of amides is 1. The Morgan fingerprint density at radius 2 is 2.00 bits per heavy atom. The molecular weight excluding hydrogens is 252 g/mol. The van der Waals surface area contributed by atoms with Gasteiger partial charge in [-0.25, -0.2) is 0 Å². The van der Waals surface area contributed by atoms with E-state index in [1.54, 1.807) is 0 Å². The summed E-state index contributed by atoms with van der Waals surface area (Å²) in [6.45, 7) is 1.73. The SMILES string of the molecule is O=C(NCC(O)c1ccc2ccccc2c1)C1CNC1. The Bertz CT molecular complexity index is 623. The number of benzene rings is 2. The van der Waals surface area contributed by atoms with Gasteiger partial charge in [-0.2, -0.15) is 0 Å². The highest BCUT2D eigenvalue weighted by molar-refractivity contribution is 5.83. The number of hydrogen-bond donors (Lipinski definition) is 3. The lowest BCUT2D eigenvalue weighted by atomic mass is 10.0. The molecule has 4 nitrogen and oxygen atoms in total. The van der Waals surface area contributed by atoms with Gasteiger partial charge in [-0.3, -0.25) is 4.79 Å². The number of fused-ring (bicyclic) bond motifs is 1. The van der Waals surface area contributed by atoms with E-state index in [0.717, 1.165) is 29.4 Å². The number of rotatable bonds is 4. The Kier molecular flexibility index (Phi) is 3.67. The van der Waals surface area contributed by atoms with Crippen molar-refractivity contribution in [3.63, 3.8) is 0 Å². The number of aliphatic hydroxyl groups is 1. The molecule has 1 saturated heterocycles. The molecule has 1 amide bonds. The van der Waals surface area contributed by atoms with E-state index in [9.17, 15) is 9.90 Å². The van der Waals surface area contributed by atoms with Crippen LogP contribution in [0.25, 0.3) is 10.8 Å². The summed E-state index contributed by atoms with van der Waals surface area (Å²) < 4.78 is 0. The maximum Gasteiger partial charge on any atom is 0.225 e. The quantitative estimate of drug-likeness (QED) is 0.782. The molecule has 4 heteroatoms. The number of carbonyl (C=O) groups excluding carboxylic acids is 1. The molecule has 104 valence electrons. The monoisotopic (exact) mass is 270 g/mol. The van der Waals surface area contributed by atoms with Gasteiger partial charge in [-0.1, -0.05) is 36.4 Å². The molecule has 0 aromatic heterocycles. The molecule has 1 aliphatic rings. The van der Waals surface area contributed by atoms with Crippen molar-refractivity contribution in [1.82, 2.24) is 10.6 Å². The first kappa shape index (κ1) is 13.1. The Morgan fingerprint density at radius 3 is 2.70 bits per heavy atom. The summed E-state index contributed by atoms with van der Waals surface area (Å²) in [6.07, 6.45) is -0.670. The van der Waals surface area contributed by atoms with Crippen LogP contribution in [0.15, 0.2) is 42.5 Å². The zero-order chi connectivity index (χ0) is 13.9. The van der Waals surface area contributed by atoms with Crippen LogP contribution in [0, 0.1) is 5.92 Å². The van der Waals surface area contributed by atoms with Crippen molar-refractivity contribution in [1.29, 1.82) is 0 Å². The van der Waals surface area contributed by atoms with Gasteiger partial charge in [0.1, 0.15) is 0 Å². The van der Waals surface area contributed by atoms with Gasteiger partial charge in [0.2, 0.25) is 5.91 Å². The number of nitrogens with one attached hydrogen (secondary N) is 2. The second-order valence-electron chi connectivity index (χ2n) is 5.22. The lowest BCUT2D eigenvalue weighted by Crippen LogP contribution is -2.51. The molecule has 1 atom stereocenters. The van der Waals surface area contributed by atoms with Crippen LogP contribution in [0.5, 0.6) is 0 Å². The molecule has 1 aliphatic heterocycles. The van der Waals surface area contributed by atoms with Gasteiger partial charge in [0.25, 0.3) is 0 Å². The van der Waals surface area contributed by atoms with Gasteiger partial charge in [-0.15, -0.1) is 0 Å². The molecule has 1 heterocycles. The minimum Gasteiger partial charge on any atom is -0.387 e. The van der Waals surface area contributed by atoms with Crippen LogP contribution in [0.2, 0.25) is 0 Å². The van der Waals surface area contributed by atoms with Crippen LogP contribution < -0.4 is 10.6 Å². The summed E-state index contributed by atoms with van der Waals surface area (Å²) in [5, 5.41) is 18.3. The van der Waals surface area contributed by atoms with Gasteiger partial charge in [-0.05, 0) is 22.4 Å². The Labute approximate surface area is 117 Å². The van der Waals surface area contributed by atoms with Gasteiger partial charge < -0.3 is 15.7 Å². The second kappa shape index (κ2) is 5.61. The van der Waals surface area contributed by atoms with Crippen LogP contribution in [0.1, 0.15) is 11.7 Å². The third kappa shape index (κ3) is 2.66. The van der Waals surface area contributed by atoms with E-state index in [1.165, 1.54) is 0 Å². The smallest absolute Gasteiger partial charge is 0.225 e. The predicted molar refractivity (Wildman–Crippen MR) is 78.3 cm³/mol. The van der Waals surface area contributed by atoms with E-state index in [0.29, 0.717) is 0 Å². The summed E-state index contributed by atoms with van der Waals surface area (Å²) in [6, 6.07) is 13.9. The van der Waals surface area contributed by atoms with Gasteiger partial charge >= 0.3 is 0 Å². The van der Waals surface area contributed by atoms with Crippen molar-refractivity contribution in [2.45, 2.75) is 6.10 Å². The maximum atomic E-state index is 11.7. The zero-order valence-corrected chi connectivity index (χ0v) is 11.2. The van der Waals surface area contributed by atoms with E-state index in [2.05, 4.69) is 10.6 Å². The summed E-state index contributed by atoms with van der Waals surface area (Å²) in [5.41, 5.74) is 0.829. The zero-order valence-electron chi connectivity index (χ0n) is 11.2. The van der Waals surface area contributed by atoms with Crippen molar-refractivity contribution in [2.75, 3.05) is 19.6 Å². The summed E-state index contributed by atoms with van der Waals surface area (Å²) in [5.74, 6) is 0.0717. The van der Waals surface area contributed by atoms with E-state index < -0.39 is 6.10 Å². The fourth-order valence-corrected chi connectivity index (χ4v) is 2.35. The molecule has 3 N–H and O–H groups in total. The van der Waals surface area contributed by atoms with Crippen molar-refractivity contribution < 1.29 is 9.90 Å². The molecule has 2 aromatic rings. The standard InChI is InChI=1S/C16H18N2O2/c19-15(10-18-16(20)14-8-17-9-14)13-6-5-11-3-1-2-4-12(11)7-13/h1-7,14-15,17,19H,8-10H2,(H,18,20). The number of hydrogen-bond acceptors (Lipinski definition) is 3.